The number of rotatable bonds is 6. The van der Waals surface area contributed by atoms with Crippen molar-refractivity contribution in [1.82, 2.24) is 20.2 Å². The summed E-state index contributed by atoms with van der Waals surface area (Å²) in [5.74, 6) is 1.72. The topological polar surface area (TPSA) is 53.5 Å². The van der Waals surface area contributed by atoms with Gasteiger partial charge in [0.15, 0.2) is 0 Å². The second kappa shape index (κ2) is 11.0. The standard InChI is InChI=1S/C30H35Cl2N5O/c1-2-38-28-8-4-3-7-23(28)26-10-9-24-27(35-26)19-36(18-22-6-5-13-33-22)20-30(24)11-14-37(15-12-30)29-25(32)16-21(31)17-34-29/h3-4,7-10,16-17,22,33H,2,5-6,11-15,18-20H2,1H3/t22-/m1/s1. The largest absolute Gasteiger partial charge is 0.493 e. The van der Waals surface area contributed by atoms with E-state index in [0.29, 0.717) is 22.7 Å². The number of para-hydroxylation sites is 1. The highest BCUT2D eigenvalue weighted by Gasteiger charge is 2.43. The lowest BCUT2D eigenvalue weighted by atomic mass is 9.69. The number of pyridine rings is 2. The summed E-state index contributed by atoms with van der Waals surface area (Å²) in [5, 5.41) is 4.88. The molecule has 200 valence electrons. The van der Waals surface area contributed by atoms with Crippen molar-refractivity contribution >= 4 is 29.0 Å². The first-order valence-corrected chi connectivity index (χ1v) is 14.5. The van der Waals surface area contributed by atoms with Crippen LogP contribution in [0.2, 0.25) is 10.0 Å². The smallest absolute Gasteiger partial charge is 0.147 e. The van der Waals surface area contributed by atoms with Gasteiger partial charge in [-0.25, -0.2) is 4.98 Å². The molecule has 38 heavy (non-hydrogen) atoms. The zero-order valence-corrected chi connectivity index (χ0v) is 23.4. The summed E-state index contributed by atoms with van der Waals surface area (Å²) >= 11 is 12.6. The number of hydrogen-bond donors (Lipinski definition) is 1. The Morgan fingerprint density at radius 1 is 1.13 bits per heavy atom. The van der Waals surface area contributed by atoms with E-state index in [0.717, 1.165) is 74.9 Å². The van der Waals surface area contributed by atoms with Crippen molar-refractivity contribution in [3.05, 3.63) is 70.0 Å². The number of anilines is 1. The van der Waals surface area contributed by atoms with Crippen LogP contribution in [0.4, 0.5) is 5.82 Å². The van der Waals surface area contributed by atoms with Crippen LogP contribution in [-0.4, -0.2) is 60.2 Å². The van der Waals surface area contributed by atoms with Crippen LogP contribution >= 0.6 is 23.2 Å². The minimum atomic E-state index is 0.0621. The average Bonchev–Trinajstić information content (AvgIpc) is 3.43. The summed E-state index contributed by atoms with van der Waals surface area (Å²) in [7, 11) is 0. The van der Waals surface area contributed by atoms with Gasteiger partial charge in [0.2, 0.25) is 0 Å². The molecular formula is C30H35Cl2N5O. The number of ether oxygens (including phenoxy) is 1. The molecule has 3 aliphatic rings. The van der Waals surface area contributed by atoms with E-state index in [2.05, 4.69) is 44.4 Å². The summed E-state index contributed by atoms with van der Waals surface area (Å²) in [5.41, 5.74) is 4.71. The van der Waals surface area contributed by atoms with E-state index in [1.807, 2.05) is 19.1 Å². The number of nitrogens with zero attached hydrogens (tertiary/aromatic N) is 4. The average molecular weight is 553 g/mol. The van der Waals surface area contributed by atoms with E-state index < -0.39 is 0 Å². The SMILES string of the molecule is CCOc1ccccc1-c1ccc2c(n1)CN(C[C@H]1CCCN1)CC21CCN(c2ncc(Cl)cc2Cl)CC1. The number of nitrogens with one attached hydrogen (secondary N) is 1. The normalized spacial score (nSPS) is 21.0. The third-order valence-electron chi connectivity index (χ3n) is 8.36. The first-order chi connectivity index (χ1) is 18.5. The van der Waals surface area contributed by atoms with Crippen molar-refractivity contribution in [2.45, 2.75) is 50.6 Å². The van der Waals surface area contributed by atoms with Crippen LogP contribution in [0.3, 0.4) is 0 Å². The Morgan fingerprint density at radius 2 is 1.97 bits per heavy atom. The number of aromatic nitrogens is 2. The van der Waals surface area contributed by atoms with Gasteiger partial charge in [-0.2, -0.15) is 0 Å². The van der Waals surface area contributed by atoms with Gasteiger partial charge in [-0.1, -0.05) is 41.4 Å². The first-order valence-electron chi connectivity index (χ1n) is 13.8. The van der Waals surface area contributed by atoms with Gasteiger partial charge in [-0.3, -0.25) is 9.88 Å². The maximum absolute atomic E-state index is 6.53. The molecule has 5 heterocycles. The highest BCUT2D eigenvalue weighted by Crippen LogP contribution is 2.44. The lowest BCUT2D eigenvalue weighted by Crippen LogP contribution is -2.54. The van der Waals surface area contributed by atoms with Crippen LogP contribution in [0, 0.1) is 0 Å². The van der Waals surface area contributed by atoms with E-state index in [4.69, 9.17) is 32.9 Å². The molecule has 3 aliphatic heterocycles. The number of fused-ring (bicyclic) bond motifs is 2. The van der Waals surface area contributed by atoms with Crippen LogP contribution in [0.5, 0.6) is 5.75 Å². The Balaban J connectivity index is 1.32. The Bertz CT molecular complexity index is 1290. The van der Waals surface area contributed by atoms with Gasteiger partial charge >= 0.3 is 0 Å². The molecule has 1 aromatic carbocycles. The molecule has 0 bridgehead atoms. The maximum Gasteiger partial charge on any atom is 0.147 e. The molecule has 0 radical (unpaired) electrons. The highest BCUT2D eigenvalue weighted by molar-refractivity contribution is 6.36. The fraction of sp³-hybridized carbons (Fsp3) is 0.467. The van der Waals surface area contributed by atoms with Gasteiger partial charge in [0.1, 0.15) is 11.6 Å². The van der Waals surface area contributed by atoms with Gasteiger partial charge in [0.05, 0.1) is 28.0 Å². The van der Waals surface area contributed by atoms with Crippen LogP contribution in [0.25, 0.3) is 11.3 Å². The Hall–Kier alpha value is -2.38. The minimum Gasteiger partial charge on any atom is -0.493 e. The molecule has 8 heteroatoms. The lowest BCUT2D eigenvalue weighted by molar-refractivity contribution is 0.139. The summed E-state index contributed by atoms with van der Waals surface area (Å²) in [6.45, 7) is 8.59. The molecule has 1 spiro atoms. The minimum absolute atomic E-state index is 0.0621. The molecule has 2 aromatic heterocycles. The Kier molecular flexibility index (Phi) is 7.50. The van der Waals surface area contributed by atoms with E-state index >= 15 is 0 Å². The fourth-order valence-electron chi connectivity index (χ4n) is 6.56. The van der Waals surface area contributed by atoms with E-state index in [9.17, 15) is 0 Å². The van der Waals surface area contributed by atoms with Crippen molar-refractivity contribution in [2.75, 3.05) is 44.2 Å². The zero-order valence-electron chi connectivity index (χ0n) is 21.9. The first kappa shape index (κ1) is 25.9. The summed E-state index contributed by atoms with van der Waals surface area (Å²) in [6.07, 6.45) is 6.27. The predicted octanol–water partition coefficient (Wildman–Crippen LogP) is 5.95. The number of benzene rings is 1. The molecule has 0 saturated carbocycles. The second-order valence-electron chi connectivity index (χ2n) is 10.8. The summed E-state index contributed by atoms with van der Waals surface area (Å²) in [6, 6.07) is 15.1. The zero-order chi connectivity index (χ0) is 26.1. The van der Waals surface area contributed by atoms with Gasteiger partial charge in [0, 0.05) is 55.9 Å². The third kappa shape index (κ3) is 5.12. The molecule has 3 aromatic rings. The molecule has 0 amide bonds. The fourth-order valence-corrected chi connectivity index (χ4v) is 7.06. The van der Waals surface area contributed by atoms with Gasteiger partial charge in [-0.05, 0) is 69.0 Å². The lowest BCUT2D eigenvalue weighted by Gasteiger charge is -2.49. The molecule has 1 N–H and O–H groups in total. The molecule has 0 aliphatic carbocycles. The van der Waals surface area contributed by atoms with Gasteiger partial charge < -0.3 is 15.0 Å². The number of halogens is 2. The third-order valence-corrected chi connectivity index (χ3v) is 8.84. The Labute approximate surface area is 235 Å². The molecule has 1 atom stereocenters. The predicted molar refractivity (Wildman–Crippen MR) is 155 cm³/mol. The molecule has 0 unspecified atom stereocenters. The second-order valence-corrected chi connectivity index (χ2v) is 11.7. The monoisotopic (exact) mass is 551 g/mol. The van der Waals surface area contributed by atoms with Gasteiger partial charge in [-0.15, -0.1) is 0 Å². The van der Waals surface area contributed by atoms with Crippen molar-refractivity contribution in [3.63, 3.8) is 0 Å². The summed E-state index contributed by atoms with van der Waals surface area (Å²) < 4.78 is 5.94. The number of hydrogen-bond acceptors (Lipinski definition) is 6. The molecular weight excluding hydrogens is 517 g/mol. The molecule has 2 saturated heterocycles. The maximum atomic E-state index is 6.53. The van der Waals surface area contributed by atoms with Crippen molar-refractivity contribution in [3.8, 4) is 17.0 Å². The van der Waals surface area contributed by atoms with E-state index in [1.165, 1.54) is 24.1 Å². The van der Waals surface area contributed by atoms with Crippen molar-refractivity contribution in [2.24, 2.45) is 0 Å². The molecule has 2 fully saturated rings. The van der Waals surface area contributed by atoms with Gasteiger partial charge in [0.25, 0.3) is 0 Å². The molecule has 6 rings (SSSR count). The van der Waals surface area contributed by atoms with E-state index in [-0.39, 0.29) is 5.41 Å². The van der Waals surface area contributed by atoms with Crippen LogP contribution in [0.1, 0.15) is 43.9 Å². The Morgan fingerprint density at radius 3 is 2.74 bits per heavy atom. The van der Waals surface area contributed by atoms with Crippen LogP contribution < -0.4 is 15.0 Å². The van der Waals surface area contributed by atoms with Crippen molar-refractivity contribution in [1.29, 1.82) is 0 Å². The quantitative estimate of drug-likeness (QED) is 0.408. The van der Waals surface area contributed by atoms with Crippen molar-refractivity contribution < 1.29 is 4.74 Å². The summed E-state index contributed by atoms with van der Waals surface area (Å²) in [4.78, 5) is 14.8. The van der Waals surface area contributed by atoms with Crippen LogP contribution in [0.15, 0.2) is 48.7 Å². The number of piperidine rings is 1. The highest BCUT2D eigenvalue weighted by atomic mass is 35.5. The molecule has 6 nitrogen and oxygen atoms in total. The van der Waals surface area contributed by atoms with Crippen LogP contribution in [-0.2, 0) is 12.0 Å². The van der Waals surface area contributed by atoms with E-state index in [1.54, 1.807) is 12.3 Å².